The summed E-state index contributed by atoms with van der Waals surface area (Å²) in [5.74, 6) is -1.04. The van der Waals surface area contributed by atoms with Gasteiger partial charge in [-0.25, -0.2) is 4.79 Å². The lowest BCUT2D eigenvalue weighted by Crippen LogP contribution is -2.34. The molecule has 1 aromatic carbocycles. The van der Waals surface area contributed by atoms with Crippen molar-refractivity contribution < 1.29 is 14.3 Å². The van der Waals surface area contributed by atoms with Crippen molar-refractivity contribution in [3.63, 3.8) is 0 Å². The number of anilines is 1. The van der Waals surface area contributed by atoms with Crippen LogP contribution in [-0.4, -0.2) is 25.0 Å². The number of rotatable bonds is 4. The van der Waals surface area contributed by atoms with Crippen molar-refractivity contribution in [2.75, 3.05) is 12.4 Å². The standard InChI is InChI=1S/C14H20N2O3/c1-8-5-6-12(11(7-8)14(18)19-4)16-13(17)9(2)10(3)15/h5-7,9-10H,15H2,1-4H3,(H,16,17). The summed E-state index contributed by atoms with van der Waals surface area (Å²) in [4.78, 5) is 23.6. The van der Waals surface area contributed by atoms with Crippen LogP contribution in [0, 0.1) is 12.8 Å². The van der Waals surface area contributed by atoms with E-state index in [1.54, 1.807) is 26.0 Å². The molecule has 0 saturated heterocycles. The van der Waals surface area contributed by atoms with Crippen LogP contribution >= 0.6 is 0 Å². The number of carbonyl (C=O) groups excluding carboxylic acids is 2. The Morgan fingerprint density at radius 2 is 1.95 bits per heavy atom. The van der Waals surface area contributed by atoms with E-state index in [2.05, 4.69) is 5.32 Å². The third kappa shape index (κ3) is 3.79. The molecule has 0 bridgehead atoms. The Hall–Kier alpha value is -1.88. The van der Waals surface area contributed by atoms with Gasteiger partial charge in [0, 0.05) is 6.04 Å². The number of nitrogens with two attached hydrogens (primary N) is 1. The van der Waals surface area contributed by atoms with Crippen LogP contribution in [0.2, 0.25) is 0 Å². The normalized spacial score (nSPS) is 13.5. The number of ether oxygens (including phenoxy) is 1. The second-order valence-corrected chi connectivity index (χ2v) is 4.68. The van der Waals surface area contributed by atoms with E-state index in [1.165, 1.54) is 7.11 Å². The number of aryl methyl sites for hydroxylation is 1. The number of hydrogen-bond acceptors (Lipinski definition) is 4. The maximum atomic E-state index is 12.0. The maximum Gasteiger partial charge on any atom is 0.339 e. The molecule has 3 N–H and O–H groups in total. The summed E-state index contributed by atoms with van der Waals surface area (Å²) in [6.07, 6.45) is 0. The molecule has 5 heteroatoms. The van der Waals surface area contributed by atoms with Crippen LogP contribution in [0.3, 0.4) is 0 Å². The molecule has 0 spiro atoms. The van der Waals surface area contributed by atoms with E-state index >= 15 is 0 Å². The second-order valence-electron chi connectivity index (χ2n) is 4.68. The lowest BCUT2D eigenvalue weighted by atomic mass is 10.0. The molecular weight excluding hydrogens is 244 g/mol. The van der Waals surface area contributed by atoms with Gasteiger partial charge in [-0.2, -0.15) is 0 Å². The monoisotopic (exact) mass is 264 g/mol. The Balaban J connectivity index is 3.01. The van der Waals surface area contributed by atoms with E-state index in [1.807, 2.05) is 13.0 Å². The summed E-state index contributed by atoms with van der Waals surface area (Å²) in [6.45, 7) is 5.37. The minimum absolute atomic E-state index is 0.219. The van der Waals surface area contributed by atoms with Crippen LogP contribution in [0.1, 0.15) is 29.8 Å². The molecular formula is C14H20N2O3. The first-order chi connectivity index (χ1) is 8.86. The van der Waals surface area contributed by atoms with Crippen molar-refractivity contribution in [1.82, 2.24) is 0 Å². The topological polar surface area (TPSA) is 81.4 Å². The summed E-state index contributed by atoms with van der Waals surface area (Å²) >= 11 is 0. The highest BCUT2D eigenvalue weighted by Gasteiger charge is 2.20. The molecule has 19 heavy (non-hydrogen) atoms. The predicted octanol–water partition coefficient (Wildman–Crippen LogP) is 1.70. The number of amides is 1. The summed E-state index contributed by atoms with van der Waals surface area (Å²) < 4.78 is 4.71. The zero-order chi connectivity index (χ0) is 14.6. The smallest absolute Gasteiger partial charge is 0.339 e. The van der Waals surface area contributed by atoms with Crippen LogP contribution in [0.15, 0.2) is 18.2 Å². The van der Waals surface area contributed by atoms with Gasteiger partial charge in [-0.3, -0.25) is 4.79 Å². The number of methoxy groups -OCH3 is 1. The van der Waals surface area contributed by atoms with Crippen LogP contribution < -0.4 is 11.1 Å². The van der Waals surface area contributed by atoms with E-state index in [4.69, 9.17) is 10.5 Å². The Bertz CT molecular complexity index is 484. The molecule has 0 heterocycles. The van der Waals surface area contributed by atoms with Gasteiger partial charge in [-0.1, -0.05) is 18.6 Å². The van der Waals surface area contributed by atoms with Gasteiger partial charge < -0.3 is 15.8 Å². The zero-order valence-electron chi connectivity index (χ0n) is 11.7. The number of benzene rings is 1. The number of esters is 1. The molecule has 2 atom stereocenters. The van der Waals surface area contributed by atoms with E-state index in [0.29, 0.717) is 11.3 Å². The molecule has 0 aliphatic carbocycles. The highest BCUT2D eigenvalue weighted by Crippen LogP contribution is 2.19. The first kappa shape index (κ1) is 15.2. The van der Waals surface area contributed by atoms with E-state index in [-0.39, 0.29) is 17.9 Å². The number of carbonyl (C=O) groups is 2. The van der Waals surface area contributed by atoms with Crippen molar-refractivity contribution in [1.29, 1.82) is 0 Å². The fourth-order valence-corrected chi connectivity index (χ4v) is 1.53. The number of nitrogens with one attached hydrogen (secondary N) is 1. The average molecular weight is 264 g/mol. The zero-order valence-corrected chi connectivity index (χ0v) is 11.7. The molecule has 2 unspecified atom stereocenters. The first-order valence-electron chi connectivity index (χ1n) is 6.12. The average Bonchev–Trinajstić information content (AvgIpc) is 2.38. The Kier molecular flexibility index (Phi) is 5.06. The first-order valence-corrected chi connectivity index (χ1v) is 6.12. The highest BCUT2D eigenvalue weighted by molar-refractivity contribution is 6.02. The molecule has 0 aliphatic heterocycles. The van der Waals surface area contributed by atoms with Gasteiger partial charge >= 0.3 is 5.97 Å². The summed E-state index contributed by atoms with van der Waals surface area (Å²) in [7, 11) is 1.31. The molecule has 0 aliphatic rings. The van der Waals surface area contributed by atoms with E-state index in [9.17, 15) is 9.59 Å². The lowest BCUT2D eigenvalue weighted by Gasteiger charge is -2.17. The minimum atomic E-state index is -0.479. The fourth-order valence-electron chi connectivity index (χ4n) is 1.53. The minimum Gasteiger partial charge on any atom is -0.465 e. The third-order valence-corrected chi connectivity index (χ3v) is 3.04. The van der Waals surface area contributed by atoms with Crippen molar-refractivity contribution in [2.24, 2.45) is 11.7 Å². The molecule has 1 amide bonds. The fraction of sp³-hybridized carbons (Fsp3) is 0.429. The Labute approximate surface area is 113 Å². The van der Waals surface area contributed by atoms with Gasteiger partial charge in [0.1, 0.15) is 0 Å². The highest BCUT2D eigenvalue weighted by atomic mass is 16.5. The van der Waals surface area contributed by atoms with Crippen LogP contribution in [-0.2, 0) is 9.53 Å². The Morgan fingerprint density at radius 1 is 1.32 bits per heavy atom. The lowest BCUT2D eigenvalue weighted by molar-refractivity contribution is -0.119. The predicted molar refractivity (Wildman–Crippen MR) is 74.0 cm³/mol. The molecule has 1 rings (SSSR count). The summed E-state index contributed by atoms with van der Waals surface area (Å²) in [5.41, 5.74) is 7.38. The molecule has 0 fully saturated rings. The summed E-state index contributed by atoms with van der Waals surface area (Å²) in [5, 5.41) is 2.71. The van der Waals surface area contributed by atoms with Gasteiger partial charge in [0.2, 0.25) is 5.91 Å². The van der Waals surface area contributed by atoms with Gasteiger partial charge in [0.25, 0.3) is 0 Å². The molecule has 0 aromatic heterocycles. The maximum absolute atomic E-state index is 12.0. The van der Waals surface area contributed by atoms with E-state index < -0.39 is 5.97 Å². The van der Waals surface area contributed by atoms with Gasteiger partial charge in [-0.15, -0.1) is 0 Å². The molecule has 0 radical (unpaired) electrons. The second kappa shape index (κ2) is 6.33. The van der Waals surface area contributed by atoms with Crippen molar-refractivity contribution in [3.05, 3.63) is 29.3 Å². The Morgan fingerprint density at radius 3 is 2.47 bits per heavy atom. The SMILES string of the molecule is COC(=O)c1cc(C)ccc1NC(=O)C(C)C(C)N. The van der Waals surface area contributed by atoms with Crippen LogP contribution in [0.4, 0.5) is 5.69 Å². The van der Waals surface area contributed by atoms with Gasteiger partial charge in [-0.05, 0) is 26.0 Å². The van der Waals surface area contributed by atoms with Gasteiger partial charge in [0.05, 0.1) is 24.3 Å². The molecule has 5 nitrogen and oxygen atoms in total. The molecule has 104 valence electrons. The van der Waals surface area contributed by atoms with Crippen molar-refractivity contribution >= 4 is 17.6 Å². The third-order valence-electron chi connectivity index (χ3n) is 3.04. The van der Waals surface area contributed by atoms with Crippen LogP contribution in [0.25, 0.3) is 0 Å². The van der Waals surface area contributed by atoms with E-state index in [0.717, 1.165) is 5.56 Å². The summed E-state index contributed by atoms with van der Waals surface area (Å²) in [6, 6.07) is 4.93. The quantitative estimate of drug-likeness (QED) is 0.811. The van der Waals surface area contributed by atoms with Crippen LogP contribution in [0.5, 0.6) is 0 Å². The van der Waals surface area contributed by atoms with Gasteiger partial charge in [0.15, 0.2) is 0 Å². The van der Waals surface area contributed by atoms with Crippen molar-refractivity contribution in [2.45, 2.75) is 26.8 Å². The van der Waals surface area contributed by atoms with Crippen molar-refractivity contribution in [3.8, 4) is 0 Å². The largest absolute Gasteiger partial charge is 0.465 e. The number of hydrogen-bond donors (Lipinski definition) is 2. The molecule has 1 aromatic rings. The molecule has 0 saturated carbocycles.